The van der Waals surface area contributed by atoms with Crippen LogP contribution in [0.5, 0.6) is 0 Å². The normalized spacial score (nSPS) is 10.7. The zero-order valence-corrected chi connectivity index (χ0v) is 7.61. The highest BCUT2D eigenvalue weighted by molar-refractivity contribution is 7.97. The van der Waals surface area contributed by atoms with Gasteiger partial charge in [-0.15, -0.1) is 0 Å². The summed E-state index contributed by atoms with van der Waals surface area (Å²) in [6, 6.07) is 0. The average Bonchev–Trinajstić information content (AvgIpc) is 2.19. The molecule has 14 heavy (non-hydrogen) atoms. The van der Waals surface area contributed by atoms with Crippen molar-refractivity contribution in [1.82, 2.24) is 4.72 Å². The first-order chi connectivity index (χ1) is 6.50. The summed E-state index contributed by atoms with van der Waals surface area (Å²) in [4.78, 5) is -0.941. The minimum atomic E-state index is -2.15. The molecular formula is C7H4F5NS. The maximum absolute atomic E-state index is 12.8. The largest absolute Gasteiger partial charge is 0.263 e. The predicted octanol–water partition coefficient (Wildman–Crippen LogP) is 2.61. The van der Waals surface area contributed by atoms with Gasteiger partial charge in [0, 0.05) is 0 Å². The second-order valence-electron chi connectivity index (χ2n) is 2.21. The highest BCUT2D eigenvalue weighted by atomic mass is 32.2. The van der Waals surface area contributed by atoms with Crippen LogP contribution >= 0.6 is 11.9 Å². The van der Waals surface area contributed by atoms with Crippen LogP contribution in [0.1, 0.15) is 0 Å². The lowest BCUT2D eigenvalue weighted by Crippen LogP contribution is -2.05. The van der Waals surface area contributed by atoms with Gasteiger partial charge in [-0.05, 0) is 19.0 Å². The summed E-state index contributed by atoms with van der Waals surface area (Å²) < 4.78 is 65.4. The molecule has 1 aromatic carbocycles. The van der Waals surface area contributed by atoms with Crippen molar-refractivity contribution in [2.75, 3.05) is 7.05 Å². The van der Waals surface area contributed by atoms with Crippen molar-refractivity contribution >= 4 is 11.9 Å². The molecule has 0 aromatic heterocycles. The molecule has 7 heteroatoms. The van der Waals surface area contributed by atoms with Crippen LogP contribution in [-0.4, -0.2) is 7.05 Å². The molecule has 78 valence electrons. The summed E-state index contributed by atoms with van der Waals surface area (Å²) in [6.07, 6.45) is 0. The van der Waals surface area contributed by atoms with Crippen molar-refractivity contribution in [2.45, 2.75) is 4.90 Å². The lowest BCUT2D eigenvalue weighted by atomic mass is 10.3. The van der Waals surface area contributed by atoms with Crippen LogP contribution < -0.4 is 4.72 Å². The maximum atomic E-state index is 12.8. The van der Waals surface area contributed by atoms with Crippen LogP contribution in [0.2, 0.25) is 0 Å². The highest BCUT2D eigenvalue weighted by Crippen LogP contribution is 2.28. The zero-order valence-electron chi connectivity index (χ0n) is 6.80. The van der Waals surface area contributed by atoms with E-state index in [4.69, 9.17) is 0 Å². The van der Waals surface area contributed by atoms with Gasteiger partial charge in [-0.2, -0.15) is 0 Å². The number of rotatable bonds is 2. The Hall–Kier alpha value is -0.820. The summed E-state index contributed by atoms with van der Waals surface area (Å²) >= 11 is 0.319. The monoisotopic (exact) mass is 229 g/mol. The number of benzene rings is 1. The van der Waals surface area contributed by atoms with Crippen LogP contribution in [0.4, 0.5) is 22.0 Å². The number of nitrogens with one attached hydrogen (secondary N) is 1. The molecule has 0 bridgehead atoms. The summed E-state index contributed by atoms with van der Waals surface area (Å²) in [7, 11) is 1.29. The smallest absolute Gasteiger partial charge is 0.200 e. The Bertz CT molecular complexity index is 339. The molecule has 0 saturated heterocycles. The lowest BCUT2D eigenvalue weighted by molar-refractivity contribution is 0.360. The van der Waals surface area contributed by atoms with Crippen LogP contribution in [0.3, 0.4) is 0 Å². The van der Waals surface area contributed by atoms with E-state index in [0.717, 1.165) is 0 Å². The quantitative estimate of drug-likeness (QED) is 0.362. The van der Waals surface area contributed by atoms with Crippen molar-refractivity contribution in [3.63, 3.8) is 0 Å². The van der Waals surface area contributed by atoms with Crippen LogP contribution in [0, 0.1) is 29.1 Å². The molecule has 0 fully saturated rings. The molecule has 0 saturated carbocycles. The average molecular weight is 229 g/mol. The summed E-state index contributed by atoms with van der Waals surface area (Å²) in [6.45, 7) is 0. The Morgan fingerprint density at radius 2 is 1.14 bits per heavy atom. The van der Waals surface area contributed by atoms with Gasteiger partial charge in [-0.25, -0.2) is 22.0 Å². The molecule has 1 aromatic rings. The summed E-state index contributed by atoms with van der Waals surface area (Å²) in [5.41, 5.74) is 0. The lowest BCUT2D eigenvalue weighted by Gasteiger charge is -2.05. The molecule has 0 radical (unpaired) electrons. The Morgan fingerprint density at radius 3 is 1.50 bits per heavy atom. The Balaban J connectivity index is 3.43. The van der Waals surface area contributed by atoms with Gasteiger partial charge in [-0.1, -0.05) is 0 Å². The number of hydrogen-bond donors (Lipinski definition) is 1. The molecule has 0 aliphatic heterocycles. The standard InChI is InChI=1S/C7H4F5NS/c1-13-14-7-5(11)3(9)2(8)4(10)6(7)12/h13H,1H3. The van der Waals surface area contributed by atoms with Crippen LogP contribution in [0.15, 0.2) is 4.90 Å². The minimum absolute atomic E-state index is 0.319. The zero-order chi connectivity index (χ0) is 10.9. The van der Waals surface area contributed by atoms with E-state index < -0.39 is 34.0 Å². The van der Waals surface area contributed by atoms with E-state index in [1.54, 1.807) is 0 Å². The van der Waals surface area contributed by atoms with Gasteiger partial charge in [0.1, 0.15) is 4.90 Å². The van der Waals surface area contributed by atoms with E-state index in [1.807, 2.05) is 0 Å². The van der Waals surface area contributed by atoms with Crippen molar-refractivity contribution in [2.24, 2.45) is 0 Å². The molecule has 0 heterocycles. The fourth-order valence-electron chi connectivity index (χ4n) is 0.776. The van der Waals surface area contributed by atoms with Gasteiger partial charge >= 0.3 is 0 Å². The minimum Gasteiger partial charge on any atom is -0.263 e. The second-order valence-corrected chi connectivity index (χ2v) is 3.23. The first-order valence-corrected chi connectivity index (χ1v) is 4.17. The Morgan fingerprint density at radius 1 is 0.786 bits per heavy atom. The molecule has 1 nitrogen and oxygen atoms in total. The van der Waals surface area contributed by atoms with E-state index in [0.29, 0.717) is 11.9 Å². The molecule has 0 spiro atoms. The van der Waals surface area contributed by atoms with Gasteiger partial charge in [0.2, 0.25) is 5.82 Å². The fraction of sp³-hybridized carbons (Fsp3) is 0.143. The Kier molecular flexibility index (Phi) is 3.33. The number of hydrogen-bond acceptors (Lipinski definition) is 2. The first kappa shape index (κ1) is 11.3. The molecular weight excluding hydrogens is 225 g/mol. The summed E-state index contributed by atoms with van der Waals surface area (Å²) in [5.74, 6) is -9.70. The van der Waals surface area contributed by atoms with Gasteiger partial charge in [0.15, 0.2) is 23.3 Å². The third kappa shape index (κ3) is 1.69. The van der Waals surface area contributed by atoms with Gasteiger partial charge < -0.3 is 0 Å². The van der Waals surface area contributed by atoms with Gasteiger partial charge in [-0.3, -0.25) is 4.72 Å². The topological polar surface area (TPSA) is 12.0 Å². The van der Waals surface area contributed by atoms with E-state index in [-0.39, 0.29) is 0 Å². The number of halogens is 5. The molecule has 0 atom stereocenters. The fourth-order valence-corrected chi connectivity index (χ4v) is 1.34. The maximum Gasteiger partial charge on any atom is 0.200 e. The third-order valence-corrected chi connectivity index (χ3v) is 2.14. The molecule has 0 aliphatic carbocycles. The first-order valence-electron chi connectivity index (χ1n) is 3.35. The molecule has 0 unspecified atom stereocenters. The van der Waals surface area contributed by atoms with Crippen LogP contribution in [-0.2, 0) is 0 Å². The predicted molar refractivity (Wildman–Crippen MR) is 41.1 cm³/mol. The van der Waals surface area contributed by atoms with Crippen molar-refractivity contribution in [3.05, 3.63) is 29.1 Å². The Labute approximate surface area is 80.4 Å². The van der Waals surface area contributed by atoms with E-state index >= 15 is 0 Å². The second kappa shape index (κ2) is 4.14. The van der Waals surface area contributed by atoms with Crippen molar-refractivity contribution < 1.29 is 22.0 Å². The third-order valence-electron chi connectivity index (χ3n) is 1.37. The highest BCUT2D eigenvalue weighted by Gasteiger charge is 2.25. The van der Waals surface area contributed by atoms with E-state index in [1.165, 1.54) is 7.05 Å². The van der Waals surface area contributed by atoms with Gasteiger partial charge in [0.25, 0.3) is 0 Å². The molecule has 1 rings (SSSR count). The molecule has 1 N–H and O–H groups in total. The van der Waals surface area contributed by atoms with Crippen LogP contribution in [0.25, 0.3) is 0 Å². The molecule has 0 aliphatic rings. The van der Waals surface area contributed by atoms with E-state index in [2.05, 4.69) is 4.72 Å². The van der Waals surface area contributed by atoms with Crippen molar-refractivity contribution in [3.8, 4) is 0 Å². The van der Waals surface area contributed by atoms with Gasteiger partial charge in [0.05, 0.1) is 0 Å². The van der Waals surface area contributed by atoms with Crippen molar-refractivity contribution in [1.29, 1.82) is 0 Å². The van der Waals surface area contributed by atoms with E-state index in [9.17, 15) is 22.0 Å². The molecule has 0 amide bonds. The SMILES string of the molecule is CNSc1c(F)c(F)c(F)c(F)c1F. The summed E-state index contributed by atoms with van der Waals surface area (Å²) in [5, 5.41) is 0.